The largest absolute Gasteiger partial charge is 0.508 e. The summed E-state index contributed by atoms with van der Waals surface area (Å²) < 4.78 is 0. The third-order valence-corrected chi connectivity index (χ3v) is 3.36. The Morgan fingerprint density at radius 2 is 1.58 bits per heavy atom. The minimum absolute atomic E-state index is 0.0387. The van der Waals surface area contributed by atoms with Crippen molar-refractivity contribution in [3.8, 4) is 28.4 Å². The number of benzene rings is 2. The standard InChI is InChI=1S/C16H18O3/c1-3-12-13(4-2)16(19)15(18)9-14(12)10-6-5-7-11(17)8-10/h5-9,17-19H,3-4H2,1-2H3. The SMILES string of the molecule is CCc1c(-c2cccc(O)c2)cc(O)c(O)c1CC. The second kappa shape index (κ2) is 5.22. The quantitative estimate of drug-likeness (QED) is 0.737. The van der Waals surface area contributed by atoms with Gasteiger partial charge in [0.25, 0.3) is 0 Å². The molecule has 0 spiro atoms. The Morgan fingerprint density at radius 3 is 2.16 bits per heavy atom. The van der Waals surface area contributed by atoms with Crippen LogP contribution in [0, 0.1) is 0 Å². The molecule has 0 amide bonds. The zero-order valence-corrected chi connectivity index (χ0v) is 11.1. The van der Waals surface area contributed by atoms with Crippen molar-refractivity contribution in [3.63, 3.8) is 0 Å². The highest BCUT2D eigenvalue weighted by Gasteiger charge is 2.16. The molecule has 0 heterocycles. The first-order chi connectivity index (χ1) is 9.08. The lowest BCUT2D eigenvalue weighted by Gasteiger charge is -2.16. The summed E-state index contributed by atoms with van der Waals surface area (Å²) in [4.78, 5) is 0. The van der Waals surface area contributed by atoms with Crippen LogP contribution in [0.15, 0.2) is 30.3 Å². The first-order valence-electron chi connectivity index (χ1n) is 6.44. The summed E-state index contributed by atoms with van der Waals surface area (Å²) in [5.74, 6) is 0.0285. The Balaban J connectivity index is 2.73. The van der Waals surface area contributed by atoms with Crippen LogP contribution in [0.25, 0.3) is 11.1 Å². The molecule has 0 bridgehead atoms. The number of aromatic hydroxyl groups is 3. The van der Waals surface area contributed by atoms with Gasteiger partial charge >= 0.3 is 0 Å². The van der Waals surface area contributed by atoms with E-state index in [4.69, 9.17) is 0 Å². The van der Waals surface area contributed by atoms with Gasteiger partial charge in [-0.2, -0.15) is 0 Å². The predicted molar refractivity (Wildman–Crippen MR) is 75.6 cm³/mol. The van der Waals surface area contributed by atoms with Gasteiger partial charge in [0.05, 0.1) is 0 Å². The molecule has 2 aromatic rings. The summed E-state index contributed by atoms with van der Waals surface area (Å²) in [5, 5.41) is 29.4. The lowest BCUT2D eigenvalue weighted by molar-refractivity contribution is 0.399. The molecule has 100 valence electrons. The van der Waals surface area contributed by atoms with Crippen molar-refractivity contribution in [3.05, 3.63) is 41.5 Å². The van der Waals surface area contributed by atoms with Crippen molar-refractivity contribution in [2.24, 2.45) is 0 Å². The van der Waals surface area contributed by atoms with E-state index >= 15 is 0 Å². The van der Waals surface area contributed by atoms with Gasteiger partial charge in [-0.1, -0.05) is 26.0 Å². The Labute approximate surface area is 112 Å². The minimum atomic E-state index is -0.118. The molecule has 19 heavy (non-hydrogen) atoms. The molecule has 0 aliphatic rings. The zero-order chi connectivity index (χ0) is 14.0. The van der Waals surface area contributed by atoms with Crippen molar-refractivity contribution in [2.45, 2.75) is 26.7 Å². The third-order valence-electron chi connectivity index (χ3n) is 3.36. The van der Waals surface area contributed by atoms with Crippen LogP contribution < -0.4 is 0 Å². The lowest BCUT2D eigenvalue weighted by Crippen LogP contribution is -1.96. The summed E-state index contributed by atoms with van der Waals surface area (Å²) in [6.07, 6.45) is 1.40. The van der Waals surface area contributed by atoms with E-state index < -0.39 is 0 Å². The molecular weight excluding hydrogens is 240 g/mol. The van der Waals surface area contributed by atoms with Gasteiger partial charge in [-0.3, -0.25) is 0 Å². The maximum atomic E-state index is 9.94. The number of rotatable bonds is 3. The van der Waals surface area contributed by atoms with E-state index in [-0.39, 0.29) is 17.2 Å². The maximum Gasteiger partial charge on any atom is 0.160 e. The van der Waals surface area contributed by atoms with E-state index in [1.165, 1.54) is 0 Å². The molecule has 0 saturated heterocycles. The Hall–Kier alpha value is -2.16. The fourth-order valence-electron chi connectivity index (χ4n) is 2.47. The highest BCUT2D eigenvalue weighted by molar-refractivity contribution is 5.74. The fourth-order valence-corrected chi connectivity index (χ4v) is 2.47. The molecule has 0 atom stereocenters. The molecule has 0 fully saturated rings. The summed E-state index contributed by atoms with van der Waals surface area (Å²) in [6, 6.07) is 8.46. The molecule has 0 radical (unpaired) electrons. The molecule has 0 aromatic heterocycles. The molecular formula is C16H18O3. The van der Waals surface area contributed by atoms with Crippen LogP contribution in [0.4, 0.5) is 0 Å². The average molecular weight is 258 g/mol. The van der Waals surface area contributed by atoms with Gasteiger partial charge in [0.1, 0.15) is 5.75 Å². The molecule has 0 aliphatic carbocycles. The van der Waals surface area contributed by atoms with Crippen LogP contribution in [0.3, 0.4) is 0 Å². The highest BCUT2D eigenvalue weighted by atomic mass is 16.3. The molecule has 3 heteroatoms. The van der Waals surface area contributed by atoms with Crippen LogP contribution in [-0.2, 0) is 12.8 Å². The maximum absolute atomic E-state index is 9.94. The van der Waals surface area contributed by atoms with Gasteiger partial charge in [-0.25, -0.2) is 0 Å². The van der Waals surface area contributed by atoms with E-state index in [2.05, 4.69) is 0 Å². The first kappa shape index (κ1) is 13.3. The average Bonchev–Trinajstić information content (AvgIpc) is 2.41. The number of phenolic OH excluding ortho intramolecular Hbond substituents is 3. The van der Waals surface area contributed by atoms with E-state index in [0.717, 1.165) is 28.7 Å². The zero-order valence-electron chi connectivity index (χ0n) is 11.1. The van der Waals surface area contributed by atoms with Crippen LogP contribution in [-0.4, -0.2) is 15.3 Å². The Kier molecular flexibility index (Phi) is 3.65. The number of phenols is 3. The van der Waals surface area contributed by atoms with E-state index in [1.54, 1.807) is 24.3 Å². The van der Waals surface area contributed by atoms with Gasteiger partial charge in [0.2, 0.25) is 0 Å². The highest BCUT2D eigenvalue weighted by Crippen LogP contribution is 2.39. The first-order valence-corrected chi connectivity index (χ1v) is 6.44. The topological polar surface area (TPSA) is 60.7 Å². The van der Waals surface area contributed by atoms with Gasteiger partial charge in [0, 0.05) is 5.56 Å². The van der Waals surface area contributed by atoms with Crippen LogP contribution in [0.1, 0.15) is 25.0 Å². The second-order valence-electron chi connectivity index (χ2n) is 4.51. The normalized spacial score (nSPS) is 10.6. The Bertz CT molecular complexity index is 603. The van der Waals surface area contributed by atoms with Gasteiger partial charge in [-0.05, 0) is 47.7 Å². The molecule has 2 aromatic carbocycles. The van der Waals surface area contributed by atoms with Gasteiger partial charge < -0.3 is 15.3 Å². The smallest absolute Gasteiger partial charge is 0.160 e. The summed E-state index contributed by atoms with van der Waals surface area (Å²) >= 11 is 0. The predicted octanol–water partition coefficient (Wildman–Crippen LogP) is 3.60. The van der Waals surface area contributed by atoms with Crippen LogP contribution in [0.2, 0.25) is 0 Å². The number of hydrogen-bond donors (Lipinski definition) is 3. The fraction of sp³-hybridized carbons (Fsp3) is 0.250. The van der Waals surface area contributed by atoms with Crippen molar-refractivity contribution < 1.29 is 15.3 Å². The van der Waals surface area contributed by atoms with Gasteiger partial charge in [-0.15, -0.1) is 0 Å². The summed E-state index contributed by atoms with van der Waals surface area (Å²) in [7, 11) is 0. The molecule has 0 saturated carbocycles. The minimum Gasteiger partial charge on any atom is -0.508 e. The molecule has 3 N–H and O–H groups in total. The van der Waals surface area contributed by atoms with E-state index in [1.807, 2.05) is 19.9 Å². The van der Waals surface area contributed by atoms with Crippen molar-refractivity contribution >= 4 is 0 Å². The number of hydrogen-bond acceptors (Lipinski definition) is 3. The van der Waals surface area contributed by atoms with Crippen molar-refractivity contribution in [1.29, 1.82) is 0 Å². The molecule has 0 aliphatic heterocycles. The third kappa shape index (κ3) is 2.36. The van der Waals surface area contributed by atoms with Crippen LogP contribution in [0.5, 0.6) is 17.2 Å². The van der Waals surface area contributed by atoms with Crippen LogP contribution >= 0.6 is 0 Å². The summed E-state index contributed by atoms with van der Waals surface area (Å²) in [6.45, 7) is 3.96. The summed E-state index contributed by atoms with van der Waals surface area (Å²) in [5.41, 5.74) is 3.46. The molecule has 0 unspecified atom stereocenters. The molecule has 2 rings (SSSR count). The monoisotopic (exact) mass is 258 g/mol. The lowest BCUT2D eigenvalue weighted by atomic mass is 9.91. The van der Waals surface area contributed by atoms with Crippen molar-refractivity contribution in [1.82, 2.24) is 0 Å². The Morgan fingerprint density at radius 1 is 0.895 bits per heavy atom. The van der Waals surface area contributed by atoms with Crippen molar-refractivity contribution in [2.75, 3.05) is 0 Å². The molecule has 3 nitrogen and oxygen atoms in total. The van der Waals surface area contributed by atoms with E-state index in [9.17, 15) is 15.3 Å². The van der Waals surface area contributed by atoms with E-state index in [0.29, 0.717) is 6.42 Å². The second-order valence-corrected chi connectivity index (χ2v) is 4.51. The van der Waals surface area contributed by atoms with Gasteiger partial charge in [0.15, 0.2) is 11.5 Å².